The highest BCUT2D eigenvalue weighted by molar-refractivity contribution is 7.91. The zero-order valence-electron chi connectivity index (χ0n) is 13.0. The van der Waals surface area contributed by atoms with E-state index >= 15 is 0 Å². The number of sulfone groups is 1. The first-order valence-electron chi connectivity index (χ1n) is 7.73. The van der Waals surface area contributed by atoms with Gasteiger partial charge in [-0.25, -0.2) is 13.4 Å². The summed E-state index contributed by atoms with van der Waals surface area (Å²) >= 11 is 0. The maximum absolute atomic E-state index is 12.4. The van der Waals surface area contributed by atoms with Crippen molar-refractivity contribution in [3.63, 3.8) is 0 Å². The highest BCUT2D eigenvalue weighted by Crippen LogP contribution is 2.18. The molecule has 1 aromatic heterocycles. The molecule has 1 unspecified atom stereocenters. The van der Waals surface area contributed by atoms with Gasteiger partial charge in [0.05, 0.1) is 16.6 Å². The summed E-state index contributed by atoms with van der Waals surface area (Å²) in [5, 5.41) is 2.70. The van der Waals surface area contributed by atoms with Gasteiger partial charge in [-0.2, -0.15) is 0 Å². The average molecular weight is 346 g/mol. The van der Waals surface area contributed by atoms with Crippen LogP contribution in [0.5, 0.6) is 0 Å². The second kappa shape index (κ2) is 7.11. The fraction of sp³-hybridized carbons (Fsp3) is 0.294. The number of carbonyl (C=O) groups is 1. The molecular weight excluding hydrogens is 328 g/mol. The normalized spacial score (nSPS) is 17.6. The van der Waals surface area contributed by atoms with Crippen LogP contribution in [0, 0.1) is 0 Å². The molecule has 3 rings (SSSR count). The van der Waals surface area contributed by atoms with Gasteiger partial charge in [0.25, 0.3) is 5.91 Å². The number of hydrogen-bond donors (Lipinski definition) is 1. The minimum absolute atomic E-state index is 0.0552. The Hall–Kier alpha value is -2.25. The molecule has 1 N–H and O–H groups in total. The van der Waals surface area contributed by atoms with Gasteiger partial charge in [0, 0.05) is 19.3 Å². The number of nitrogens with zero attached hydrogens (tertiary/aromatic N) is 1. The van der Waals surface area contributed by atoms with E-state index in [1.54, 1.807) is 18.2 Å². The minimum atomic E-state index is -3.67. The molecule has 1 aliphatic rings. The lowest BCUT2D eigenvalue weighted by Gasteiger charge is -2.11. The SMILES string of the molecule is O=C(NCC1CCCO1)c1ccc(S(=O)(=O)c2ccccc2)nc1. The molecule has 1 aliphatic heterocycles. The minimum Gasteiger partial charge on any atom is -0.376 e. The summed E-state index contributed by atoms with van der Waals surface area (Å²) < 4.78 is 30.3. The van der Waals surface area contributed by atoms with Crippen LogP contribution in [0.3, 0.4) is 0 Å². The van der Waals surface area contributed by atoms with Crippen molar-refractivity contribution < 1.29 is 17.9 Å². The molecule has 24 heavy (non-hydrogen) atoms. The number of aromatic nitrogens is 1. The maximum atomic E-state index is 12.4. The number of benzene rings is 1. The third kappa shape index (κ3) is 3.63. The lowest BCUT2D eigenvalue weighted by Crippen LogP contribution is -2.31. The fourth-order valence-electron chi connectivity index (χ4n) is 2.51. The molecule has 0 saturated carbocycles. The van der Waals surface area contributed by atoms with Crippen molar-refractivity contribution in [2.24, 2.45) is 0 Å². The molecule has 6 nitrogen and oxygen atoms in total. The molecule has 1 saturated heterocycles. The van der Waals surface area contributed by atoms with Crippen molar-refractivity contribution in [1.29, 1.82) is 0 Å². The van der Waals surface area contributed by atoms with Crippen molar-refractivity contribution in [2.45, 2.75) is 28.9 Å². The zero-order chi connectivity index (χ0) is 17.0. The number of rotatable bonds is 5. The van der Waals surface area contributed by atoms with Crippen molar-refractivity contribution in [2.75, 3.05) is 13.2 Å². The zero-order valence-corrected chi connectivity index (χ0v) is 13.8. The molecular formula is C17H18N2O4S. The molecule has 1 aromatic carbocycles. The number of hydrogen-bond acceptors (Lipinski definition) is 5. The summed E-state index contributed by atoms with van der Waals surface area (Å²) in [6.45, 7) is 1.18. The van der Waals surface area contributed by atoms with Crippen LogP contribution in [-0.2, 0) is 14.6 Å². The van der Waals surface area contributed by atoms with E-state index in [1.165, 1.54) is 30.5 Å². The first-order valence-corrected chi connectivity index (χ1v) is 9.22. The van der Waals surface area contributed by atoms with Crippen molar-refractivity contribution in [1.82, 2.24) is 10.3 Å². The molecule has 0 aliphatic carbocycles. The molecule has 1 amide bonds. The van der Waals surface area contributed by atoms with Crippen LogP contribution in [0.25, 0.3) is 0 Å². The van der Waals surface area contributed by atoms with Crippen LogP contribution in [-0.4, -0.2) is 38.6 Å². The third-order valence-corrected chi connectivity index (χ3v) is 5.53. The van der Waals surface area contributed by atoms with E-state index in [2.05, 4.69) is 10.3 Å². The molecule has 1 atom stereocenters. The lowest BCUT2D eigenvalue weighted by atomic mass is 10.2. The summed E-state index contributed by atoms with van der Waals surface area (Å²) in [6, 6.07) is 10.9. The van der Waals surface area contributed by atoms with Crippen LogP contribution in [0.2, 0.25) is 0 Å². The van der Waals surface area contributed by atoms with Gasteiger partial charge in [-0.1, -0.05) is 18.2 Å². The summed E-state index contributed by atoms with van der Waals surface area (Å²) in [5.41, 5.74) is 0.319. The first kappa shape index (κ1) is 16.6. The molecule has 126 valence electrons. The summed E-state index contributed by atoms with van der Waals surface area (Å²) in [4.78, 5) is 16.2. The second-order valence-electron chi connectivity index (χ2n) is 5.55. The van der Waals surface area contributed by atoms with Gasteiger partial charge in [-0.05, 0) is 37.1 Å². The topological polar surface area (TPSA) is 85.4 Å². The van der Waals surface area contributed by atoms with Gasteiger partial charge in [0.1, 0.15) is 0 Å². The quantitative estimate of drug-likeness (QED) is 0.893. The van der Waals surface area contributed by atoms with E-state index in [1.807, 2.05) is 0 Å². The molecule has 1 fully saturated rings. The number of ether oxygens (including phenoxy) is 1. The Bertz CT molecular complexity index is 798. The highest BCUT2D eigenvalue weighted by atomic mass is 32.2. The Morgan fingerprint density at radius 2 is 2.00 bits per heavy atom. The average Bonchev–Trinajstić information content (AvgIpc) is 3.14. The van der Waals surface area contributed by atoms with Crippen molar-refractivity contribution >= 4 is 15.7 Å². The van der Waals surface area contributed by atoms with Crippen LogP contribution in [0.1, 0.15) is 23.2 Å². The van der Waals surface area contributed by atoms with E-state index in [4.69, 9.17) is 4.74 Å². The van der Waals surface area contributed by atoms with Crippen molar-refractivity contribution in [3.8, 4) is 0 Å². The summed E-state index contributed by atoms with van der Waals surface area (Å²) in [5.74, 6) is -0.290. The third-order valence-electron chi connectivity index (χ3n) is 3.84. The fourth-order valence-corrected chi connectivity index (χ4v) is 3.70. The van der Waals surface area contributed by atoms with Gasteiger partial charge in [-0.15, -0.1) is 0 Å². The first-order chi connectivity index (χ1) is 11.6. The van der Waals surface area contributed by atoms with E-state index in [0.29, 0.717) is 12.1 Å². The van der Waals surface area contributed by atoms with E-state index < -0.39 is 9.84 Å². The Kier molecular flexibility index (Phi) is 4.92. The lowest BCUT2D eigenvalue weighted by molar-refractivity contribution is 0.0857. The highest BCUT2D eigenvalue weighted by Gasteiger charge is 2.20. The smallest absolute Gasteiger partial charge is 0.252 e. The molecule has 0 radical (unpaired) electrons. The Morgan fingerprint density at radius 1 is 1.21 bits per heavy atom. The predicted molar refractivity (Wildman–Crippen MR) is 87.4 cm³/mol. The number of nitrogens with one attached hydrogen (secondary N) is 1. The Morgan fingerprint density at radius 3 is 2.62 bits per heavy atom. The van der Waals surface area contributed by atoms with E-state index in [9.17, 15) is 13.2 Å². The van der Waals surface area contributed by atoms with Gasteiger partial charge in [-0.3, -0.25) is 4.79 Å². The van der Waals surface area contributed by atoms with E-state index in [0.717, 1.165) is 19.4 Å². The van der Waals surface area contributed by atoms with Gasteiger partial charge in [0.15, 0.2) is 5.03 Å². The number of pyridine rings is 1. The van der Waals surface area contributed by atoms with Crippen LogP contribution in [0.4, 0.5) is 0 Å². The van der Waals surface area contributed by atoms with Gasteiger partial charge in [0.2, 0.25) is 9.84 Å². The monoisotopic (exact) mass is 346 g/mol. The Balaban J connectivity index is 1.69. The van der Waals surface area contributed by atoms with Crippen LogP contribution < -0.4 is 5.32 Å². The standard InChI is InChI=1S/C17H18N2O4S/c20-17(19-12-14-5-4-10-23-14)13-8-9-16(18-11-13)24(21,22)15-6-2-1-3-7-15/h1-3,6-9,11,14H,4-5,10,12H2,(H,19,20). The maximum Gasteiger partial charge on any atom is 0.252 e. The molecule has 0 spiro atoms. The molecule has 0 bridgehead atoms. The molecule has 2 heterocycles. The Labute approximate surface area is 140 Å². The van der Waals surface area contributed by atoms with Gasteiger partial charge >= 0.3 is 0 Å². The number of carbonyl (C=O) groups excluding carboxylic acids is 1. The van der Waals surface area contributed by atoms with Crippen molar-refractivity contribution in [3.05, 3.63) is 54.2 Å². The van der Waals surface area contributed by atoms with Crippen LogP contribution in [0.15, 0.2) is 58.6 Å². The molecule has 7 heteroatoms. The predicted octanol–water partition coefficient (Wildman–Crippen LogP) is 1.82. The summed E-state index contributed by atoms with van der Waals surface area (Å²) in [6.07, 6.45) is 3.28. The van der Waals surface area contributed by atoms with Crippen LogP contribution >= 0.6 is 0 Å². The van der Waals surface area contributed by atoms with Gasteiger partial charge < -0.3 is 10.1 Å². The van der Waals surface area contributed by atoms with E-state index in [-0.39, 0.29) is 21.9 Å². The number of amides is 1. The second-order valence-corrected chi connectivity index (χ2v) is 7.44. The molecule has 2 aromatic rings. The largest absolute Gasteiger partial charge is 0.376 e. The summed E-state index contributed by atoms with van der Waals surface area (Å²) in [7, 11) is -3.67.